The van der Waals surface area contributed by atoms with Crippen LogP contribution in [-0.2, 0) is 12.7 Å². The Morgan fingerprint density at radius 2 is 2.00 bits per heavy atom. The normalized spacial score (nSPS) is 24.3. The largest absolute Gasteiger partial charge is 0.416 e. The lowest BCUT2D eigenvalue weighted by Crippen LogP contribution is -2.43. The number of benzene rings is 1. The maximum atomic E-state index is 13.1. The van der Waals surface area contributed by atoms with Crippen molar-refractivity contribution < 1.29 is 17.6 Å². The molecule has 1 aliphatic heterocycles. The Morgan fingerprint density at radius 3 is 2.62 bits per heavy atom. The summed E-state index contributed by atoms with van der Waals surface area (Å²) in [6, 6.07) is 3.10. The molecular weight excluding hydrogens is 284 g/mol. The summed E-state index contributed by atoms with van der Waals surface area (Å²) in [6.45, 7) is 3.40. The second-order valence-electron chi connectivity index (χ2n) is 5.76. The molecule has 118 valence electrons. The minimum Gasteiger partial charge on any atom is -0.330 e. The van der Waals surface area contributed by atoms with Crippen molar-refractivity contribution in [2.45, 2.75) is 38.5 Å². The van der Waals surface area contributed by atoms with E-state index >= 15 is 0 Å². The highest BCUT2D eigenvalue weighted by Gasteiger charge is 2.35. The van der Waals surface area contributed by atoms with Gasteiger partial charge in [-0.3, -0.25) is 4.90 Å². The van der Waals surface area contributed by atoms with Crippen molar-refractivity contribution in [3.05, 3.63) is 35.1 Å². The van der Waals surface area contributed by atoms with Crippen molar-refractivity contribution in [1.82, 2.24) is 4.90 Å². The van der Waals surface area contributed by atoms with Gasteiger partial charge in [-0.15, -0.1) is 0 Å². The number of piperidine rings is 1. The summed E-state index contributed by atoms with van der Waals surface area (Å²) in [6.07, 6.45) is -2.61. The molecule has 1 saturated heterocycles. The number of hydrogen-bond donors (Lipinski definition) is 1. The lowest BCUT2D eigenvalue weighted by Gasteiger charge is -2.38. The van der Waals surface area contributed by atoms with Crippen LogP contribution in [0.15, 0.2) is 18.2 Å². The zero-order valence-corrected chi connectivity index (χ0v) is 12.0. The number of halogens is 4. The standard InChI is InChI=1S/C15H20F4N2/c1-10-2-3-11(7-20)8-21(10)9-12-4-5-13(16)6-14(12)15(17,18)19/h4-6,10-11H,2-3,7-9,20H2,1H3. The van der Waals surface area contributed by atoms with Gasteiger partial charge in [-0.2, -0.15) is 13.2 Å². The van der Waals surface area contributed by atoms with E-state index in [0.29, 0.717) is 25.1 Å². The predicted octanol–water partition coefficient (Wildman–Crippen LogP) is 3.40. The molecule has 2 unspecified atom stereocenters. The van der Waals surface area contributed by atoms with Crippen LogP contribution in [0.2, 0.25) is 0 Å². The quantitative estimate of drug-likeness (QED) is 0.867. The van der Waals surface area contributed by atoms with Crippen molar-refractivity contribution in [3.63, 3.8) is 0 Å². The van der Waals surface area contributed by atoms with Crippen LogP contribution in [-0.4, -0.2) is 24.0 Å². The maximum absolute atomic E-state index is 13.1. The Morgan fingerprint density at radius 1 is 1.29 bits per heavy atom. The van der Waals surface area contributed by atoms with Crippen LogP contribution >= 0.6 is 0 Å². The summed E-state index contributed by atoms with van der Waals surface area (Å²) >= 11 is 0. The summed E-state index contributed by atoms with van der Waals surface area (Å²) < 4.78 is 52.2. The second-order valence-corrected chi connectivity index (χ2v) is 5.76. The van der Waals surface area contributed by atoms with Gasteiger partial charge in [0.25, 0.3) is 0 Å². The van der Waals surface area contributed by atoms with Gasteiger partial charge in [0.15, 0.2) is 0 Å². The molecule has 1 fully saturated rings. The highest BCUT2D eigenvalue weighted by atomic mass is 19.4. The second kappa shape index (κ2) is 6.32. The lowest BCUT2D eigenvalue weighted by atomic mass is 9.92. The van der Waals surface area contributed by atoms with E-state index < -0.39 is 17.6 Å². The molecule has 0 aromatic heterocycles. The molecule has 2 atom stereocenters. The Labute approximate surface area is 121 Å². The molecule has 0 spiro atoms. The lowest BCUT2D eigenvalue weighted by molar-refractivity contribution is -0.138. The number of alkyl halides is 3. The molecule has 1 aliphatic rings. The highest BCUT2D eigenvalue weighted by molar-refractivity contribution is 5.30. The van der Waals surface area contributed by atoms with Crippen LogP contribution in [0.1, 0.15) is 30.9 Å². The van der Waals surface area contributed by atoms with E-state index in [2.05, 4.69) is 0 Å². The molecule has 0 bridgehead atoms. The van der Waals surface area contributed by atoms with Gasteiger partial charge in [0, 0.05) is 19.1 Å². The monoisotopic (exact) mass is 304 g/mol. The summed E-state index contributed by atoms with van der Waals surface area (Å²) in [5, 5.41) is 0. The average molecular weight is 304 g/mol. The predicted molar refractivity (Wildman–Crippen MR) is 73.1 cm³/mol. The molecule has 2 rings (SSSR count). The fraction of sp³-hybridized carbons (Fsp3) is 0.600. The fourth-order valence-corrected chi connectivity index (χ4v) is 2.84. The van der Waals surface area contributed by atoms with Crippen LogP contribution in [0.5, 0.6) is 0 Å². The molecule has 2 nitrogen and oxygen atoms in total. The van der Waals surface area contributed by atoms with Crippen molar-refractivity contribution in [2.75, 3.05) is 13.1 Å². The zero-order valence-electron chi connectivity index (χ0n) is 12.0. The van der Waals surface area contributed by atoms with Crippen LogP contribution in [0.3, 0.4) is 0 Å². The average Bonchev–Trinajstić information content (AvgIpc) is 2.42. The first-order valence-corrected chi connectivity index (χ1v) is 7.11. The molecule has 21 heavy (non-hydrogen) atoms. The SMILES string of the molecule is CC1CCC(CN)CN1Cc1ccc(F)cc1C(F)(F)F. The van der Waals surface area contributed by atoms with Gasteiger partial charge in [-0.25, -0.2) is 4.39 Å². The van der Waals surface area contributed by atoms with Gasteiger partial charge in [-0.1, -0.05) is 6.07 Å². The zero-order chi connectivity index (χ0) is 15.6. The summed E-state index contributed by atoms with van der Waals surface area (Å²) in [7, 11) is 0. The summed E-state index contributed by atoms with van der Waals surface area (Å²) in [5.74, 6) is -0.548. The Kier molecular flexibility index (Phi) is 4.88. The molecular formula is C15H20F4N2. The Bertz CT molecular complexity index is 487. The first kappa shape index (κ1) is 16.2. The molecule has 6 heteroatoms. The number of nitrogens with zero attached hydrogens (tertiary/aromatic N) is 1. The van der Waals surface area contributed by atoms with Crippen molar-refractivity contribution >= 4 is 0 Å². The van der Waals surface area contributed by atoms with Crippen molar-refractivity contribution in [1.29, 1.82) is 0 Å². The number of nitrogens with two attached hydrogens (primary N) is 1. The van der Waals surface area contributed by atoms with Gasteiger partial charge in [0.1, 0.15) is 5.82 Å². The summed E-state index contributed by atoms with van der Waals surface area (Å²) in [5.41, 5.74) is 4.90. The molecule has 0 aliphatic carbocycles. The van der Waals surface area contributed by atoms with E-state index in [0.717, 1.165) is 18.9 Å². The summed E-state index contributed by atoms with van der Waals surface area (Å²) in [4.78, 5) is 2.00. The third-order valence-electron chi connectivity index (χ3n) is 4.19. The van der Waals surface area contributed by atoms with Crippen LogP contribution in [0, 0.1) is 11.7 Å². The minimum atomic E-state index is -4.54. The maximum Gasteiger partial charge on any atom is 0.416 e. The third kappa shape index (κ3) is 3.95. The van der Waals surface area contributed by atoms with E-state index in [1.54, 1.807) is 0 Å². The first-order chi connectivity index (χ1) is 9.81. The van der Waals surface area contributed by atoms with Gasteiger partial charge in [0.2, 0.25) is 0 Å². The molecule has 0 radical (unpaired) electrons. The van der Waals surface area contributed by atoms with Crippen molar-refractivity contribution in [3.8, 4) is 0 Å². The molecule has 2 N–H and O–H groups in total. The van der Waals surface area contributed by atoms with Gasteiger partial charge in [0.05, 0.1) is 5.56 Å². The van der Waals surface area contributed by atoms with Crippen LogP contribution in [0.25, 0.3) is 0 Å². The smallest absolute Gasteiger partial charge is 0.330 e. The van der Waals surface area contributed by atoms with E-state index in [9.17, 15) is 17.6 Å². The molecule has 1 aromatic carbocycles. The number of likely N-dealkylation sites (tertiary alicyclic amines) is 1. The van der Waals surface area contributed by atoms with Gasteiger partial charge in [-0.05, 0) is 49.9 Å². The van der Waals surface area contributed by atoms with Gasteiger partial charge >= 0.3 is 6.18 Å². The minimum absolute atomic E-state index is 0.119. The van der Waals surface area contributed by atoms with Crippen LogP contribution < -0.4 is 5.73 Å². The first-order valence-electron chi connectivity index (χ1n) is 7.11. The Balaban J connectivity index is 2.22. The topological polar surface area (TPSA) is 29.3 Å². The molecule has 0 saturated carbocycles. The highest BCUT2D eigenvalue weighted by Crippen LogP contribution is 2.34. The molecule has 0 amide bonds. The van der Waals surface area contributed by atoms with E-state index in [1.807, 2.05) is 11.8 Å². The van der Waals surface area contributed by atoms with Gasteiger partial charge < -0.3 is 5.73 Å². The number of hydrogen-bond acceptors (Lipinski definition) is 2. The van der Waals surface area contributed by atoms with E-state index in [-0.39, 0.29) is 18.2 Å². The van der Waals surface area contributed by atoms with Crippen molar-refractivity contribution in [2.24, 2.45) is 11.7 Å². The fourth-order valence-electron chi connectivity index (χ4n) is 2.84. The van der Waals surface area contributed by atoms with E-state index in [1.165, 1.54) is 6.07 Å². The van der Waals surface area contributed by atoms with E-state index in [4.69, 9.17) is 5.73 Å². The Hall–Kier alpha value is -1.14. The van der Waals surface area contributed by atoms with Crippen LogP contribution in [0.4, 0.5) is 17.6 Å². The third-order valence-corrected chi connectivity index (χ3v) is 4.19. The molecule has 1 aromatic rings. The molecule has 1 heterocycles. The number of rotatable bonds is 3.